The Morgan fingerprint density at radius 3 is 2.66 bits per heavy atom. The minimum Gasteiger partial charge on any atom is -0.493 e. The molecule has 9 nitrogen and oxygen atoms in total. The average molecular weight is 445 g/mol. The van der Waals surface area contributed by atoms with E-state index >= 15 is 0 Å². The van der Waals surface area contributed by atoms with E-state index in [0.29, 0.717) is 50.3 Å². The summed E-state index contributed by atoms with van der Waals surface area (Å²) in [5, 5.41) is 0. The molecule has 0 amide bonds. The quantitative estimate of drug-likeness (QED) is 0.609. The van der Waals surface area contributed by atoms with Gasteiger partial charge in [-0.15, -0.1) is 0 Å². The van der Waals surface area contributed by atoms with Crippen LogP contribution in [0.2, 0.25) is 0 Å². The molecule has 0 radical (unpaired) electrons. The van der Waals surface area contributed by atoms with E-state index in [4.69, 9.17) is 23.9 Å². The molecule has 4 rings (SSSR count). The molecule has 0 spiro atoms. The molecule has 3 heterocycles. The molecule has 2 aromatic rings. The first-order chi connectivity index (χ1) is 15.7. The fourth-order valence-electron chi connectivity index (χ4n) is 4.15. The molecule has 0 atom stereocenters. The molecule has 174 valence electrons. The number of hydrogen-bond acceptors (Lipinski definition) is 8. The van der Waals surface area contributed by atoms with Crippen molar-refractivity contribution in [1.29, 1.82) is 0 Å². The lowest BCUT2D eigenvalue weighted by atomic mass is 10.1. The SMILES string of the molecule is COCCOc1ccc(CN2CCc3nc(N4CCOCC4)[nH]c(=O)c3CC2)cc1OC. The van der Waals surface area contributed by atoms with Crippen LogP contribution in [0, 0.1) is 0 Å². The number of anilines is 1. The Morgan fingerprint density at radius 1 is 1.06 bits per heavy atom. The number of rotatable bonds is 8. The van der Waals surface area contributed by atoms with Crippen LogP contribution in [0.25, 0.3) is 0 Å². The number of fused-ring (bicyclic) bond motifs is 1. The molecule has 0 saturated carbocycles. The Bertz CT molecular complexity index is 958. The number of hydrogen-bond donors (Lipinski definition) is 1. The third kappa shape index (κ3) is 5.40. The molecule has 1 saturated heterocycles. The van der Waals surface area contributed by atoms with Gasteiger partial charge in [0.1, 0.15) is 6.61 Å². The Kier molecular flexibility index (Phi) is 7.62. The number of nitrogens with one attached hydrogen (secondary N) is 1. The largest absolute Gasteiger partial charge is 0.493 e. The van der Waals surface area contributed by atoms with E-state index < -0.39 is 0 Å². The van der Waals surface area contributed by atoms with Gasteiger partial charge in [-0.1, -0.05) is 6.07 Å². The normalized spacial score (nSPS) is 17.0. The van der Waals surface area contributed by atoms with Crippen molar-refractivity contribution in [2.24, 2.45) is 0 Å². The smallest absolute Gasteiger partial charge is 0.255 e. The third-order valence-electron chi connectivity index (χ3n) is 5.92. The van der Waals surface area contributed by atoms with Crippen LogP contribution in [0.15, 0.2) is 23.0 Å². The molecule has 2 aliphatic heterocycles. The molecule has 1 aromatic carbocycles. The molecule has 1 fully saturated rings. The van der Waals surface area contributed by atoms with Gasteiger partial charge in [-0.05, 0) is 24.1 Å². The van der Waals surface area contributed by atoms with E-state index in [-0.39, 0.29) is 5.56 Å². The number of benzene rings is 1. The van der Waals surface area contributed by atoms with Crippen LogP contribution in [0.1, 0.15) is 16.8 Å². The zero-order chi connectivity index (χ0) is 22.3. The maximum Gasteiger partial charge on any atom is 0.255 e. The number of H-pyrrole nitrogens is 1. The second kappa shape index (κ2) is 10.8. The second-order valence-corrected chi connectivity index (χ2v) is 8.02. The van der Waals surface area contributed by atoms with Crippen LogP contribution in [-0.4, -0.2) is 81.7 Å². The van der Waals surface area contributed by atoms with Crippen molar-refractivity contribution >= 4 is 5.95 Å². The van der Waals surface area contributed by atoms with Gasteiger partial charge < -0.3 is 23.8 Å². The molecule has 32 heavy (non-hydrogen) atoms. The van der Waals surface area contributed by atoms with Gasteiger partial charge in [0.05, 0.1) is 32.6 Å². The summed E-state index contributed by atoms with van der Waals surface area (Å²) >= 11 is 0. The summed E-state index contributed by atoms with van der Waals surface area (Å²) in [6.07, 6.45) is 1.45. The molecule has 0 aliphatic carbocycles. The third-order valence-corrected chi connectivity index (χ3v) is 5.92. The maximum atomic E-state index is 12.8. The lowest BCUT2D eigenvalue weighted by Gasteiger charge is -2.27. The molecule has 1 N–H and O–H groups in total. The Morgan fingerprint density at radius 2 is 1.88 bits per heavy atom. The van der Waals surface area contributed by atoms with E-state index in [1.54, 1.807) is 14.2 Å². The minimum atomic E-state index is -0.0161. The second-order valence-electron chi connectivity index (χ2n) is 8.02. The van der Waals surface area contributed by atoms with Gasteiger partial charge >= 0.3 is 0 Å². The van der Waals surface area contributed by atoms with Gasteiger partial charge in [0.25, 0.3) is 5.56 Å². The number of methoxy groups -OCH3 is 2. The predicted octanol–water partition coefficient (Wildman–Crippen LogP) is 1.24. The molecule has 0 unspecified atom stereocenters. The zero-order valence-electron chi connectivity index (χ0n) is 18.9. The van der Waals surface area contributed by atoms with Crippen LogP contribution in [-0.2, 0) is 28.9 Å². The summed E-state index contributed by atoms with van der Waals surface area (Å²) in [5.41, 5.74) is 2.85. The fourth-order valence-corrected chi connectivity index (χ4v) is 4.15. The standard InChI is InChI=1S/C23H32N4O5/c1-29-13-14-32-20-4-3-17(15-21(20)30-2)16-26-7-5-18-19(6-8-26)24-23(25-22(18)28)27-9-11-31-12-10-27/h3-4,15H,5-14,16H2,1-2H3,(H,24,25,28). The maximum absolute atomic E-state index is 12.8. The Balaban J connectivity index is 1.42. The van der Waals surface area contributed by atoms with Crippen molar-refractivity contribution in [3.63, 3.8) is 0 Å². The van der Waals surface area contributed by atoms with Crippen LogP contribution >= 0.6 is 0 Å². The highest BCUT2D eigenvalue weighted by Gasteiger charge is 2.21. The van der Waals surface area contributed by atoms with E-state index in [9.17, 15) is 4.79 Å². The van der Waals surface area contributed by atoms with E-state index in [2.05, 4.69) is 20.9 Å². The van der Waals surface area contributed by atoms with Crippen LogP contribution in [0.4, 0.5) is 5.95 Å². The first-order valence-corrected chi connectivity index (χ1v) is 11.1. The minimum absolute atomic E-state index is 0.0161. The first-order valence-electron chi connectivity index (χ1n) is 11.1. The molecule has 9 heteroatoms. The summed E-state index contributed by atoms with van der Waals surface area (Å²) in [4.78, 5) is 25.0. The zero-order valence-corrected chi connectivity index (χ0v) is 18.9. The number of aromatic amines is 1. The summed E-state index contributed by atoms with van der Waals surface area (Å²) in [5.74, 6) is 2.09. The topological polar surface area (TPSA) is 89.2 Å². The fraction of sp³-hybridized carbons (Fsp3) is 0.565. The van der Waals surface area contributed by atoms with Gasteiger partial charge in [-0.25, -0.2) is 4.98 Å². The molecule has 0 bridgehead atoms. The van der Waals surface area contributed by atoms with Crippen molar-refractivity contribution in [3.05, 3.63) is 45.4 Å². The van der Waals surface area contributed by atoms with Crippen LogP contribution < -0.4 is 19.9 Å². The van der Waals surface area contributed by atoms with Gasteiger partial charge in [-0.2, -0.15) is 0 Å². The highest BCUT2D eigenvalue weighted by molar-refractivity contribution is 5.43. The van der Waals surface area contributed by atoms with E-state index in [1.807, 2.05) is 12.1 Å². The Labute approximate surface area is 188 Å². The molecular formula is C23H32N4O5. The van der Waals surface area contributed by atoms with Gasteiger partial charge in [-0.3, -0.25) is 14.7 Å². The van der Waals surface area contributed by atoms with Crippen LogP contribution in [0.5, 0.6) is 11.5 Å². The summed E-state index contributed by atoms with van der Waals surface area (Å²) in [6.45, 7) is 6.26. The van der Waals surface area contributed by atoms with E-state index in [1.165, 1.54) is 0 Å². The van der Waals surface area contributed by atoms with E-state index in [0.717, 1.165) is 56.0 Å². The number of ether oxygens (including phenoxy) is 4. The molecule has 2 aliphatic rings. The lowest BCUT2D eigenvalue weighted by Crippen LogP contribution is -2.38. The van der Waals surface area contributed by atoms with Gasteiger partial charge in [0, 0.05) is 51.8 Å². The van der Waals surface area contributed by atoms with Gasteiger partial charge in [0.2, 0.25) is 5.95 Å². The number of aromatic nitrogens is 2. The first kappa shape index (κ1) is 22.6. The summed E-state index contributed by atoms with van der Waals surface area (Å²) in [7, 11) is 3.30. The van der Waals surface area contributed by atoms with Crippen molar-refractivity contribution in [3.8, 4) is 11.5 Å². The predicted molar refractivity (Wildman–Crippen MR) is 121 cm³/mol. The van der Waals surface area contributed by atoms with Crippen LogP contribution in [0.3, 0.4) is 0 Å². The number of morpholine rings is 1. The highest BCUT2D eigenvalue weighted by atomic mass is 16.5. The summed E-state index contributed by atoms with van der Waals surface area (Å²) < 4.78 is 21.7. The number of nitrogens with zero attached hydrogens (tertiary/aromatic N) is 3. The molecule has 1 aromatic heterocycles. The van der Waals surface area contributed by atoms with Crippen molar-refractivity contribution < 1.29 is 18.9 Å². The highest BCUT2D eigenvalue weighted by Crippen LogP contribution is 2.29. The summed E-state index contributed by atoms with van der Waals surface area (Å²) in [6, 6.07) is 6.02. The van der Waals surface area contributed by atoms with Crippen molar-refractivity contribution in [2.75, 3.05) is 71.7 Å². The Hall–Kier alpha value is -2.62. The van der Waals surface area contributed by atoms with Gasteiger partial charge in [0.15, 0.2) is 11.5 Å². The van der Waals surface area contributed by atoms with Crippen molar-refractivity contribution in [1.82, 2.24) is 14.9 Å². The lowest BCUT2D eigenvalue weighted by molar-refractivity contribution is 0.122. The average Bonchev–Trinajstić information content (AvgIpc) is 3.03. The molecular weight excluding hydrogens is 412 g/mol. The monoisotopic (exact) mass is 444 g/mol. The van der Waals surface area contributed by atoms with Crippen molar-refractivity contribution in [2.45, 2.75) is 19.4 Å².